The number of alkyl halides is 3. The average Bonchev–Trinajstić information content (AvgIpc) is 3.06. The van der Waals surface area contributed by atoms with Crippen LogP contribution in [-0.4, -0.2) is 102 Å². The molecular weight excluding hydrogens is 639 g/mol. The largest absolute Gasteiger partial charge is 0.506 e. The third-order valence-corrected chi connectivity index (χ3v) is 10.4. The number of hydrogen-bond acceptors (Lipinski definition) is 7. The zero-order valence-electron chi connectivity index (χ0n) is 26.0. The third kappa shape index (κ3) is 7.17. The average molecular weight is 678 g/mol. The lowest BCUT2D eigenvalue weighted by Crippen LogP contribution is -2.54. The number of phenols is 1. The molecular formula is C33H39ClF3N5O5. The molecule has 2 aromatic rings. The van der Waals surface area contributed by atoms with E-state index >= 15 is 0 Å². The van der Waals surface area contributed by atoms with Gasteiger partial charge < -0.3 is 30.3 Å². The number of carbonyl (C=O) groups excluding carboxylic acids is 3. The van der Waals surface area contributed by atoms with E-state index in [1.807, 2.05) is 24.3 Å². The summed E-state index contributed by atoms with van der Waals surface area (Å²) in [5.41, 5.74) is 0.0274. The molecule has 47 heavy (non-hydrogen) atoms. The number of hydrogen-bond donors (Lipinski definition) is 3. The number of benzene rings is 2. The van der Waals surface area contributed by atoms with Gasteiger partial charge in [-0.05, 0) is 55.0 Å². The second-order valence-electron chi connectivity index (χ2n) is 12.9. The maximum atomic E-state index is 13.9. The normalized spacial score (nSPS) is 21.2. The summed E-state index contributed by atoms with van der Waals surface area (Å²) in [5.74, 6) is -1.67. The van der Waals surface area contributed by atoms with Gasteiger partial charge in [0, 0.05) is 82.3 Å². The molecule has 4 heterocycles. The summed E-state index contributed by atoms with van der Waals surface area (Å²) in [4.78, 5) is 45.5. The van der Waals surface area contributed by atoms with Crippen molar-refractivity contribution in [2.45, 2.75) is 62.3 Å². The van der Waals surface area contributed by atoms with Crippen molar-refractivity contribution < 1.29 is 37.4 Å². The second-order valence-corrected chi connectivity index (χ2v) is 13.3. The van der Waals surface area contributed by atoms with Gasteiger partial charge in [0.1, 0.15) is 5.75 Å². The summed E-state index contributed by atoms with van der Waals surface area (Å²) < 4.78 is 46.9. The van der Waals surface area contributed by atoms with Crippen LogP contribution in [0, 0.1) is 0 Å². The Morgan fingerprint density at radius 1 is 1.02 bits per heavy atom. The van der Waals surface area contributed by atoms with Gasteiger partial charge >= 0.3 is 12.3 Å². The number of ether oxygens (including phenoxy) is 1. The molecule has 2 aromatic carbocycles. The summed E-state index contributed by atoms with van der Waals surface area (Å²) >= 11 is 5.97. The number of rotatable bonds is 5. The Labute approximate surface area is 276 Å². The van der Waals surface area contributed by atoms with Crippen LogP contribution in [0.3, 0.4) is 0 Å². The zero-order chi connectivity index (χ0) is 33.3. The molecule has 0 saturated carbocycles. The molecule has 3 amide bonds. The molecule has 0 aliphatic carbocycles. The fourth-order valence-corrected chi connectivity index (χ4v) is 7.74. The summed E-state index contributed by atoms with van der Waals surface area (Å²) in [7, 11) is 0. The number of piperazine rings is 1. The van der Waals surface area contributed by atoms with Gasteiger partial charge in [0.05, 0.1) is 10.6 Å². The molecule has 3 N–H and O–H groups in total. The minimum Gasteiger partial charge on any atom is -0.506 e. The molecule has 4 aliphatic rings. The number of piperidine rings is 2. The highest BCUT2D eigenvalue weighted by atomic mass is 35.5. The number of halogens is 4. The predicted octanol–water partition coefficient (Wildman–Crippen LogP) is 4.38. The van der Waals surface area contributed by atoms with Gasteiger partial charge in [0.25, 0.3) is 5.91 Å². The number of para-hydroxylation sites is 1. The lowest BCUT2D eigenvalue weighted by molar-refractivity contribution is -0.142. The van der Waals surface area contributed by atoms with Crippen LogP contribution in [0.25, 0.3) is 0 Å². The van der Waals surface area contributed by atoms with Crippen molar-refractivity contribution in [1.82, 2.24) is 20.0 Å². The van der Waals surface area contributed by atoms with E-state index < -0.39 is 46.0 Å². The highest BCUT2D eigenvalue weighted by molar-refractivity contribution is 6.32. The molecule has 0 aromatic heterocycles. The lowest BCUT2D eigenvalue weighted by atomic mass is 9.68. The van der Waals surface area contributed by atoms with Crippen molar-refractivity contribution in [2.24, 2.45) is 0 Å². The van der Waals surface area contributed by atoms with Gasteiger partial charge in [-0.2, -0.15) is 13.2 Å². The van der Waals surface area contributed by atoms with Crippen LogP contribution in [0.5, 0.6) is 5.75 Å². The first kappa shape index (κ1) is 33.4. The van der Waals surface area contributed by atoms with Crippen LogP contribution >= 0.6 is 11.6 Å². The van der Waals surface area contributed by atoms with Crippen molar-refractivity contribution in [3.8, 4) is 5.75 Å². The van der Waals surface area contributed by atoms with E-state index in [-0.39, 0.29) is 31.0 Å². The fourth-order valence-electron chi connectivity index (χ4n) is 7.50. The zero-order valence-corrected chi connectivity index (χ0v) is 26.7. The van der Waals surface area contributed by atoms with Gasteiger partial charge in [0.15, 0.2) is 6.10 Å². The van der Waals surface area contributed by atoms with E-state index in [0.29, 0.717) is 38.4 Å². The van der Waals surface area contributed by atoms with E-state index in [4.69, 9.17) is 16.3 Å². The SMILES string of the molecule is O=C1CC2(CCN(C(=O)O[C@H](Cc3cc(Cl)c(O)c(C(F)(F)F)c3)C(=O)N3CCC(N4CCNCC4)CC3)CC2)c2ccccc2N1. The highest BCUT2D eigenvalue weighted by Crippen LogP contribution is 2.45. The number of anilines is 1. The fraction of sp³-hybridized carbons (Fsp3) is 0.545. The van der Waals surface area contributed by atoms with Crippen LogP contribution in [-0.2, 0) is 32.3 Å². The number of carbonyl (C=O) groups is 3. The van der Waals surface area contributed by atoms with Gasteiger partial charge in [-0.25, -0.2) is 4.79 Å². The summed E-state index contributed by atoms with van der Waals surface area (Å²) in [5, 5.41) is 15.7. The molecule has 1 atom stereocenters. The Morgan fingerprint density at radius 2 is 1.70 bits per heavy atom. The maximum absolute atomic E-state index is 13.9. The maximum Gasteiger partial charge on any atom is 0.420 e. The summed E-state index contributed by atoms with van der Waals surface area (Å²) in [6, 6.07) is 9.84. The minimum absolute atomic E-state index is 0.00407. The Balaban J connectivity index is 1.18. The molecule has 0 unspecified atom stereocenters. The lowest BCUT2D eigenvalue weighted by Gasteiger charge is -2.44. The van der Waals surface area contributed by atoms with Gasteiger partial charge in [-0.15, -0.1) is 0 Å². The molecule has 0 radical (unpaired) electrons. The first-order valence-electron chi connectivity index (χ1n) is 16.1. The Bertz CT molecular complexity index is 1500. The van der Waals surface area contributed by atoms with Crippen LogP contribution in [0.2, 0.25) is 5.02 Å². The Morgan fingerprint density at radius 3 is 2.38 bits per heavy atom. The van der Waals surface area contributed by atoms with Crippen molar-refractivity contribution in [3.63, 3.8) is 0 Å². The van der Waals surface area contributed by atoms with Gasteiger partial charge in [-0.3, -0.25) is 14.5 Å². The van der Waals surface area contributed by atoms with Gasteiger partial charge in [-0.1, -0.05) is 29.8 Å². The van der Waals surface area contributed by atoms with Crippen LogP contribution in [0.4, 0.5) is 23.7 Å². The van der Waals surface area contributed by atoms with Crippen LogP contribution in [0.1, 0.15) is 48.8 Å². The number of nitrogens with zero attached hydrogens (tertiary/aromatic N) is 3. The molecule has 10 nitrogen and oxygen atoms in total. The van der Waals surface area contributed by atoms with Crippen molar-refractivity contribution in [1.29, 1.82) is 0 Å². The van der Waals surface area contributed by atoms with E-state index in [1.165, 1.54) is 4.90 Å². The summed E-state index contributed by atoms with van der Waals surface area (Å²) in [6.07, 6.45) is -4.61. The van der Waals surface area contributed by atoms with Crippen molar-refractivity contribution in [3.05, 3.63) is 58.1 Å². The third-order valence-electron chi connectivity index (χ3n) is 10.1. The van der Waals surface area contributed by atoms with Crippen molar-refractivity contribution >= 4 is 35.2 Å². The molecule has 3 saturated heterocycles. The molecule has 254 valence electrons. The number of nitrogens with one attached hydrogen (secondary N) is 2. The molecule has 6 rings (SSSR count). The number of fused-ring (bicyclic) bond motifs is 2. The molecule has 1 spiro atoms. The van der Waals surface area contributed by atoms with E-state index in [1.54, 1.807) is 4.90 Å². The standard InChI is InChI=1S/C33H39ClF3N5O5/c34-25-18-21(17-24(29(25)44)33(35,36)37)19-27(30(45)41-11-5-22(6-12-41)40-15-9-38-10-16-40)47-31(46)42-13-7-32(8-14-42)20-28(43)39-26-4-2-1-3-23(26)32/h1-4,17-18,22,27,38,44H,5-16,19-20H2,(H,39,43)/t27-/m1/s1. The smallest absolute Gasteiger partial charge is 0.420 e. The van der Waals surface area contributed by atoms with E-state index in [0.717, 1.165) is 62.4 Å². The minimum atomic E-state index is -4.88. The van der Waals surface area contributed by atoms with E-state index in [9.17, 15) is 32.7 Å². The Kier molecular flexibility index (Phi) is 9.59. The topological polar surface area (TPSA) is 114 Å². The van der Waals surface area contributed by atoms with Crippen molar-refractivity contribution in [2.75, 3.05) is 57.7 Å². The number of amides is 3. The predicted molar refractivity (Wildman–Crippen MR) is 168 cm³/mol. The van der Waals surface area contributed by atoms with Crippen LogP contribution in [0.15, 0.2) is 36.4 Å². The van der Waals surface area contributed by atoms with E-state index in [2.05, 4.69) is 15.5 Å². The highest BCUT2D eigenvalue weighted by Gasteiger charge is 2.44. The number of aromatic hydroxyl groups is 1. The molecule has 4 aliphatic heterocycles. The summed E-state index contributed by atoms with van der Waals surface area (Å²) in [6.45, 7) is 5.08. The number of likely N-dealkylation sites (tertiary alicyclic amines) is 2. The first-order valence-corrected chi connectivity index (χ1v) is 16.5. The van der Waals surface area contributed by atoms with Gasteiger partial charge in [0.2, 0.25) is 5.91 Å². The number of phenolic OH excluding ortho intramolecular Hbond substituents is 1. The molecule has 0 bridgehead atoms. The molecule has 3 fully saturated rings. The molecule has 14 heteroatoms. The second kappa shape index (κ2) is 13.5. The Hall–Kier alpha value is -3.55. The monoisotopic (exact) mass is 677 g/mol. The first-order chi connectivity index (χ1) is 22.4. The quantitative estimate of drug-likeness (QED) is 0.431. The van der Waals surface area contributed by atoms with Crippen LogP contribution < -0.4 is 10.6 Å².